The van der Waals surface area contributed by atoms with E-state index in [-0.39, 0.29) is 35.7 Å². The zero-order valence-corrected chi connectivity index (χ0v) is 19.7. The first kappa shape index (κ1) is 24.8. The molecule has 3 amide bonds. The maximum Gasteiger partial charge on any atom is 0.414 e. The summed E-state index contributed by atoms with van der Waals surface area (Å²) in [5.74, 6) is -1.88. The SMILES string of the molecule is CCOC(=O)NC(=O)c1c(NC(=O)CCCS(=O)(=O)c2ccc(F)cc2)sc2c1CCCC2. The smallest absolute Gasteiger partial charge is 0.414 e. The molecule has 0 unspecified atom stereocenters. The van der Waals surface area contributed by atoms with Crippen LogP contribution in [0.15, 0.2) is 29.2 Å². The molecule has 0 aliphatic heterocycles. The quantitative estimate of drug-likeness (QED) is 0.536. The lowest BCUT2D eigenvalue weighted by molar-refractivity contribution is -0.116. The number of rotatable bonds is 8. The lowest BCUT2D eigenvalue weighted by atomic mass is 9.95. The van der Waals surface area contributed by atoms with Gasteiger partial charge in [0.05, 0.1) is 22.8 Å². The predicted molar refractivity (Wildman–Crippen MR) is 122 cm³/mol. The number of halogens is 1. The van der Waals surface area contributed by atoms with Crippen molar-refractivity contribution in [1.82, 2.24) is 5.32 Å². The number of carbonyl (C=O) groups is 3. The van der Waals surface area contributed by atoms with Gasteiger partial charge in [0.25, 0.3) is 5.91 Å². The number of aryl methyl sites for hydroxylation is 1. The standard InChI is InChI=1S/C22H25FN2O6S2/c1-2-31-22(28)25-20(27)19-16-6-3-4-7-17(16)32-21(19)24-18(26)8-5-13-33(29,30)15-11-9-14(23)10-12-15/h9-12H,2-8,13H2,1H3,(H,24,26)(H,25,27,28). The number of hydrogen-bond donors (Lipinski definition) is 2. The van der Waals surface area contributed by atoms with Crippen LogP contribution in [0, 0.1) is 5.82 Å². The topological polar surface area (TPSA) is 119 Å². The molecule has 3 rings (SSSR count). The summed E-state index contributed by atoms with van der Waals surface area (Å²) < 4.78 is 42.5. The van der Waals surface area contributed by atoms with Gasteiger partial charge in [-0.3, -0.25) is 14.9 Å². The molecule has 11 heteroatoms. The second kappa shape index (κ2) is 10.9. The van der Waals surface area contributed by atoms with E-state index in [1.165, 1.54) is 23.5 Å². The Morgan fingerprint density at radius 1 is 1.12 bits per heavy atom. The summed E-state index contributed by atoms with van der Waals surface area (Å²) in [6.45, 7) is 1.74. The molecule has 0 atom stereocenters. The molecule has 0 saturated carbocycles. The van der Waals surface area contributed by atoms with Crippen LogP contribution in [0.1, 0.15) is 53.4 Å². The summed E-state index contributed by atoms with van der Waals surface area (Å²) in [6, 6.07) is 4.52. The fourth-order valence-corrected chi connectivity index (χ4v) is 6.20. The van der Waals surface area contributed by atoms with Crippen LogP contribution in [0.25, 0.3) is 0 Å². The van der Waals surface area contributed by atoms with E-state index in [0.717, 1.165) is 41.8 Å². The van der Waals surface area contributed by atoms with Crippen LogP contribution < -0.4 is 10.6 Å². The van der Waals surface area contributed by atoms with E-state index in [2.05, 4.69) is 10.6 Å². The molecule has 0 fully saturated rings. The van der Waals surface area contributed by atoms with Crippen LogP contribution in [0.5, 0.6) is 0 Å². The average molecular weight is 497 g/mol. The van der Waals surface area contributed by atoms with Crippen LogP contribution >= 0.6 is 11.3 Å². The molecule has 0 saturated heterocycles. The van der Waals surface area contributed by atoms with Gasteiger partial charge in [0, 0.05) is 11.3 Å². The third kappa shape index (κ3) is 6.38. The van der Waals surface area contributed by atoms with Gasteiger partial charge in [-0.05, 0) is 68.9 Å². The molecule has 178 valence electrons. The highest BCUT2D eigenvalue weighted by atomic mass is 32.2. The number of carbonyl (C=O) groups excluding carboxylic acids is 3. The second-order valence-electron chi connectivity index (χ2n) is 7.51. The number of imide groups is 1. The first-order chi connectivity index (χ1) is 15.7. The number of thiophene rings is 1. The van der Waals surface area contributed by atoms with Crippen molar-refractivity contribution in [3.8, 4) is 0 Å². The van der Waals surface area contributed by atoms with Gasteiger partial charge in [-0.1, -0.05) is 0 Å². The molecule has 1 heterocycles. The highest BCUT2D eigenvalue weighted by Crippen LogP contribution is 2.38. The Morgan fingerprint density at radius 3 is 2.52 bits per heavy atom. The predicted octanol–water partition coefficient (Wildman–Crippen LogP) is 3.84. The Kier molecular flexibility index (Phi) is 8.20. The summed E-state index contributed by atoms with van der Waals surface area (Å²) in [4.78, 5) is 37.9. The molecule has 2 N–H and O–H groups in total. The number of hydrogen-bond acceptors (Lipinski definition) is 7. The summed E-state index contributed by atoms with van der Waals surface area (Å²) in [7, 11) is -3.65. The van der Waals surface area contributed by atoms with E-state index in [0.29, 0.717) is 11.4 Å². The number of alkyl carbamates (subject to hydrolysis) is 1. The van der Waals surface area contributed by atoms with Gasteiger partial charge in [0.1, 0.15) is 10.8 Å². The van der Waals surface area contributed by atoms with Crippen molar-refractivity contribution < 1.29 is 31.9 Å². The van der Waals surface area contributed by atoms with Crippen molar-refractivity contribution in [2.24, 2.45) is 0 Å². The average Bonchev–Trinajstić information content (AvgIpc) is 3.11. The van der Waals surface area contributed by atoms with Crippen molar-refractivity contribution in [2.75, 3.05) is 17.7 Å². The summed E-state index contributed by atoms with van der Waals surface area (Å²) in [5, 5.41) is 5.23. The third-order valence-corrected chi connectivity index (χ3v) is 8.16. The molecule has 0 spiro atoms. The Bertz CT molecular complexity index is 1140. The molecule has 0 bridgehead atoms. The number of nitrogens with one attached hydrogen (secondary N) is 2. The molecule has 2 aromatic rings. The van der Waals surface area contributed by atoms with E-state index in [1.54, 1.807) is 6.92 Å². The third-order valence-electron chi connectivity index (χ3n) is 5.13. The summed E-state index contributed by atoms with van der Waals surface area (Å²) >= 11 is 1.30. The van der Waals surface area contributed by atoms with Gasteiger partial charge >= 0.3 is 6.09 Å². The highest BCUT2D eigenvalue weighted by molar-refractivity contribution is 7.91. The van der Waals surface area contributed by atoms with Crippen LogP contribution in [0.2, 0.25) is 0 Å². The molecule has 8 nitrogen and oxygen atoms in total. The molecule has 0 radical (unpaired) electrons. The largest absolute Gasteiger partial charge is 0.450 e. The van der Waals surface area contributed by atoms with Crippen molar-refractivity contribution in [3.63, 3.8) is 0 Å². The van der Waals surface area contributed by atoms with E-state index >= 15 is 0 Å². The second-order valence-corrected chi connectivity index (χ2v) is 10.7. The van der Waals surface area contributed by atoms with Gasteiger partial charge in [-0.25, -0.2) is 17.6 Å². The minimum Gasteiger partial charge on any atom is -0.450 e. The van der Waals surface area contributed by atoms with Gasteiger partial charge in [-0.2, -0.15) is 0 Å². The number of fused-ring (bicyclic) bond motifs is 1. The van der Waals surface area contributed by atoms with Crippen LogP contribution in [0.3, 0.4) is 0 Å². The molecule has 1 aliphatic rings. The van der Waals surface area contributed by atoms with E-state index in [9.17, 15) is 27.2 Å². The Morgan fingerprint density at radius 2 is 1.82 bits per heavy atom. The van der Waals surface area contributed by atoms with Crippen LogP contribution in [0.4, 0.5) is 14.2 Å². The highest BCUT2D eigenvalue weighted by Gasteiger charge is 2.27. The first-order valence-electron chi connectivity index (χ1n) is 10.6. The first-order valence-corrected chi connectivity index (χ1v) is 13.1. The number of benzene rings is 1. The molecule has 1 aromatic heterocycles. The maximum absolute atomic E-state index is 13.0. The van der Waals surface area contributed by atoms with Crippen LogP contribution in [-0.2, 0) is 32.2 Å². The van der Waals surface area contributed by atoms with Gasteiger partial charge in [0.15, 0.2) is 9.84 Å². The fraction of sp³-hybridized carbons (Fsp3) is 0.409. The van der Waals surface area contributed by atoms with E-state index in [1.807, 2.05) is 0 Å². The molecule has 1 aliphatic carbocycles. The Hall–Kier alpha value is -2.79. The minimum atomic E-state index is -3.65. The summed E-state index contributed by atoms with van der Waals surface area (Å²) in [6.07, 6.45) is 2.44. The van der Waals surface area contributed by atoms with Crippen molar-refractivity contribution in [1.29, 1.82) is 0 Å². The van der Waals surface area contributed by atoms with Gasteiger partial charge in [-0.15, -0.1) is 11.3 Å². The fourth-order valence-electron chi connectivity index (χ4n) is 3.59. The molecular formula is C22H25FN2O6S2. The number of sulfone groups is 1. The lowest BCUT2D eigenvalue weighted by Crippen LogP contribution is -2.32. The van der Waals surface area contributed by atoms with Gasteiger partial charge in [0.2, 0.25) is 5.91 Å². The van der Waals surface area contributed by atoms with Crippen LogP contribution in [-0.4, -0.2) is 38.7 Å². The normalized spacial score (nSPS) is 13.2. The summed E-state index contributed by atoms with van der Waals surface area (Å²) in [5.41, 5.74) is 1.08. The lowest BCUT2D eigenvalue weighted by Gasteiger charge is -2.13. The zero-order valence-electron chi connectivity index (χ0n) is 18.1. The van der Waals surface area contributed by atoms with Crippen molar-refractivity contribution in [2.45, 2.75) is 50.3 Å². The molecule has 33 heavy (non-hydrogen) atoms. The Labute approximate surface area is 195 Å². The van der Waals surface area contributed by atoms with E-state index < -0.39 is 33.6 Å². The minimum absolute atomic E-state index is 0.00633. The number of ether oxygens (including phenoxy) is 1. The van der Waals surface area contributed by atoms with Crippen molar-refractivity contribution in [3.05, 3.63) is 46.1 Å². The zero-order chi connectivity index (χ0) is 24.0. The molecular weight excluding hydrogens is 471 g/mol. The van der Waals surface area contributed by atoms with Gasteiger partial charge < -0.3 is 10.1 Å². The number of anilines is 1. The Balaban J connectivity index is 1.66. The number of amides is 3. The van der Waals surface area contributed by atoms with Crippen molar-refractivity contribution >= 4 is 44.1 Å². The molecule has 1 aromatic carbocycles. The maximum atomic E-state index is 13.0. The monoisotopic (exact) mass is 496 g/mol. The van der Waals surface area contributed by atoms with E-state index in [4.69, 9.17) is 4.74 Å².